The molecule has 108 valence electrons. The van der Waals surface area contributed by atoms with Crippen LogP contribution in [0.4, 0.5) is 0 Å². The van der Waals surface area contributed by atoms with Gasteiger partial charge in [0.2, 0.25) is 0 Å². The molecule has 0 aromatic heterocycles. The molecule has 0 heterocycles. The Morgan fingerprint density at radius 1 is 1.14 bits per heavy atom. The Hall–Kier alpha value is -2.69. The highest BCUT2D eigenvalue weighted by Gasteiger charge is 2.14. The van der Waals surface area contributed by atoms with Crippen LogP contribution in [0.2, 0.25) is 0 Å². The summed E-state index contributed by atoms with van der Waals surface area (Å²) in [6, 6.07) is 6.60. The number of benzene rings is 1. The minimum Gasteiger partial charge on any atom is -0.497 e. The highest BCUT2D eigenvalue weighted by Crippen LogP contribution is 2.15. The number of hydrogen-bond donors (Lipinski definition) is 0. The number of nitrogens with zero attached hydrogens (tertiary/aromatic N) is 1. The van der Waals surface area contributed by atoms with Crippen molar-refractivity contribution in [2.24, 2.45) is 5.16 Å². The number of rotatable bonds is 3. The summed E-state index contributed by atoms with van der Waals surface area (Å²) in [6.07, 6.45) is 3.06. The summed E-state index contributed by atoms with van der Waals surface area (Å²) in [5.41, 5.74) is 2.01. The monoisotopic (exact) mass is 285 g/mol. The lowest BCUT2D eigenvalue weighted by atomic mass is 9.99. The molecule has 0 amide bonds. The zero-order chi connectivity index (χ0) is 15.4. The van der Waals surface area contributed by atoms with Gasteiger partial charge in [-0.25, -0.2) is 4.79 Å². The summed E-state index contributed by atoms with van der Waals surface area (Å²) in [5, 5.41) is 3.81. The molecule has 0 saturated heterocycles. The molecule has 0 atom stereocenters. The molecule has 1 aliphatic carbocycles. The summed E-state index contributed by atoms with van der Waals surface area (Å²) >= 11 is 0. The maximum absolute atomic E-state index is 11.9. The summed E-state index contributed by atoms with van der Waals surface area (Å²) in [6.45, 7) is 3.42. The van der Waals surface area contributed by atoms with Crippen molar-refractivity contribution in [2.45, 2.75) is 13.8 Å². The normalized spacial score (nSPS) is 16.3. The van der Waals surface area contributed by atoms with E-state index in [1.54, 1.807) is 44.2 Å². The molecule has 0 unspecified atom stereocenters. The van der Waals surface area contributed by atoms with Gasteiger partial charge in [-0.15, -0.1) is 0 Å². The molecule has 5 heteroatoms. The lowest BCUT2D eigenvalue weighted by Gasteiger charge is -2.08. The number of allylic oxidation sites excluding steroid dienone is 4. The standard InChI is InChI=1S/C16H15NO4/c1-10-8-15(18)11(2)7-14(10)17-21-16(19)12-5-4-6-13(9-12)20-3/h4-9H,1-3H3/b17-14+. The van der Waals surface area contributed by atoms with Crippen molar-refractivity contribution in [3.8, 4) is 5.75 Å². The Morgan fingerprint density at radius 3 is 2.62 bits per heavy atom. The first-order chi connectivity index (χ1) is 10.0. The van der Waals surface area contributed by atoms with E-state index in [0.717, 1.165) is 0 Å². The predicted molar refractivity (Wildman–Crippen MR) is 78.4 cm³/mol. The van der Waals surface area contributed by atoms with Gasteiger partial charge in [0.15, 0.2) is 5.78 Å². The first-order valence-electron chi connectivity index (χ1n) is 6.36. The van der Waals surface area contributed by atoms with Crippen LogP contribution in [0.15, 0.2) is 52.7 Å². The van der Waals surface area contributed by atoms with Crippen molar-refractivity contribution >= 4 is 17.5 Å². The highest BCUT2D eigenvalue weighted by molar-refractivity contribution is 6.21. The largest absolute Gasteiger partial charge is 0.497 e. The molecule has 1 aromatic rings. The Morgan fingerprint density at radius 2 is 1.90 bits per heavy atom. The van der Waals surface area contributed by atoms with Crippen LogP contribution in [0.5, 0.6) is 5.75 Å². The van der Waals surface area contributed by atoms with Crippen LogP contribution in [0.1, 0.15) is 24.2 Å². The Kier molecular flexibility index (Phi) is 4.33. The topological polar surface area (TPSA) is 65.0 Å². The van der Waals surface area contributed by atoms with Gasteiger partial charge in [-0.1, -0.05) is 11.2 Å². The zero-order valence-corrected chi connectivity index (χ0v) is 12.0. The lowest BCUT2D eigenvalue weighted by Crippen LogP contribution is -2.11. The van der Waals surface area contributed by atoms with E-state index in [0.29, 0.717) is 28.2 Å². The average molecular weight is 285 g/mol. The number of oxime groups is 1. The van der Waals surface area contributed by atoms with Crippen LogP contribution >= 0.6 is 0 Å². The number of ketones is 1. The molecule has 0 radical (unpaired) electrons. The number of hydrogen-bond acceptors (Lipinski definition) is 5. The summed E-state index contributed by atoms with van der Waals surface area (Å²) in [7, 11) is 1.52. The van der Waals surface area contributed by atoms with Gasteiger partial charge in [-0.3, -0.25) is 4.79 Å². The minimum atomic E-state index is -0.586. The fourth-order valence-electron chi connectivity index (χ4n) is 1.77. The van der Waals surface area contributed by atoms with Gasteiger partial charge in [-0.2, -0.15) is 0 Å². The Balaban J connectivity index is 2.15. The Labute approximate surface area is 122 Å². The molecule has 0 fully saturated rings. The molecule has 2 rings (SSSR count). The van der Waals surface area contributed by atoms with Gasteiger partial charge in [0, 0.05) is 0 Å². The van der Waals surface area contributed by atoms with Crippen LogP contribution in [-0.4, -0.2) is 24.6 Å². The van der Waals surface area contributed by atoms with E-state index < -0.39 is 5.97 Å². The number of carbonyl (C=O) groups is 2. The van der Waals surface area contributed by atoms with Crippen LogP contribution in [0, 0.1) is 0 Å². The molecule has 0 spiro atoms. The molecule has 5 nitrogen and oxygen atoms in total. The van der Waals surface area contributed by atoms with Crippen molar-refractivity contribution in [1.82, 2.24) is 0 Å². The molecule has 0 saturated carbocycles. The number of ether oxygens (including phenoxy) is 1. The van der Waals surface area contributed by atoms with Crippen LogP contribution in [0.3, 0.4) is 0 Å². The molecule has 1 aromatic carbocycles. The van der Waals surface area contributed by atoms with Crippen LogP contribution < -0.4 is 4.74 Å². The van der Waals surface area contributed by atoms with Crippen molar-refractivity contribution in [3.05, 3.63) is 53.1 Å². The van der Waals surface area contributed by atoms with Crippen LogP contribution in [0.25, 0.3) is 0 Å². The second kappa shape index (κ2) is 6.17. The number of carbonyl (C=O) groups excluding carboxylic acids is 2. The van der Waals surface area contributed by atoms with E-state index in [4.69, 9.17) is 9.57 Å². The van der Waals surface area contributed by atoms with Crippen molar-refractivity contribution < 1.29 is 19.2 Å². The van der Waals surface area contributed by atoms with E-state index >= 15 is 0 Å². The quantitative estimate of drug-likeness (QED) is 0.486. The molecular formula is C16H15NO4. The van der Waals surface area contributed by atoms with Gasteiger partial charge in [0.05, 0.1) is 12.7 Å². The molecule has 0 N–H and O–H groups in total. The maximum atomic E-state index is 11.9. The first-order valence-corrected chi connectivity index (χ1v) is 6.36. The first kappa shape index (κ1) is 14.7. The third-order valence-corrected chi connectivity index (χ3v) is 3.03. The summed E-state index contributed by atoms with van der Waals surface area (Å²) in [5.74, 6) is -0.0880. The molecular weight excluding hydrogens is 270 g/mol. The van der Waals surface area contributed by atoms with Gasteiger partial charge in [-0.05, 0) is 55.3 Å². The number of methoxy groups -OCH3 is 1. The highest BCUT2D eigenvalue weighted by atomic mass is 16.7. The third-order valence-electron chi connectivity index (χ3n) is 3.03. The second-order valence-electron chi connectivity index (χ2n) is 4.61. The van der Waals surface area contributed by atoms with E-state index in [2.05, 4.69) is 5.16 Å². The van der Waals surface area contributed by atoms with Crippen molar-refractivity contribution in [1.29, 1.82) is 0 Å². The van der Waals surface area contributed by atoms with E-state index in [1.165, 1.54) is 13.2 Å². The minimum absolute atomic E-state index is 0.0643. The van der Waals surface area contributed by atoms with Crippen molar-refractivity contribution in [3.63, 3.8) is 0 Å². The zero-order valence-electron chi connectivity index (χ0n) is 12.0. The third kappa shape index (κ3) is 3.45. The van der Waals surface area contributed by atoms with E-state index in [9.17, 15) is 9.59 Å². The van der Waals surface area contributed by atoms with Gasteiger partial charge in [0.25, 0.3) is 0 Å². The molecule has 0 bridgehead atoms. The van der Waals surface area contributed by atoms with Gasteiger partial charge >= 0.3 is 5.97 Å². The van der Waals surface area contributed by atoms with Gasteiger partial charge in [0.1, 0.15) is 11.5 Å². The second-order valence-corrected chi connectivity index (χ2v) is 4.61. The van der Waals surface area contributed by atoms with E-state index in [-0.39, 0.29) is 5.78 Å². The predicted octanol–water partition coefficient (Wildman–Crippen LogP) is 2.68. The molecule has 0 aliphatic heterocycles. The van der Waals surface area contributed by atoms with Crippen LogP contribution in [-0.2, 0) is 9.63 Å². The average Bonchev–Trinajstić information content (AvgIpc) is 2.49. The Bertz CT molecular complexity index is 683. The SMILES string of the molecule is COc1cccc(C(=O)O/N=C2\C=C(C)C(=O)C=C2C)c1. The summed E-state index contributed by atoms with van der Waals surface area (Å²) < 4.78 is 5.04. The van der Waals surface area contributed by atoms with Crippen molar-refractivity contribution in [2.75, 3.05) is 7.11 Å². The maximum Gasteiger partial charge on any atom is 0.365 e. The lowest BCUT2D eigenvalue weighted by molar-refractivity contribution is -0.111. The smallest absolute Gasteiger partial charge is 0.365 e. The summed E-state index contributed by atoms with van der Waals surface area (Å²) in [4.78, 5) is 28.3. The fraction of sp³-hybridized carbons (Fsp3) is 0.188. The molecule has 1 aliphatic rings. The van der Waals surface area contributed by atoms with E-state index in [1.807, 2.05) is 0 Å². The van der Waals surface area contributed by atoms with Gasteiger partial charge < -0.3 is 9.57 Å². The fourth-order valence-corrected chi connectivity index (χ4v) is 1.77. The molecule has 21 heavy (non-hydrogen) atoms.